The molecule has 0 aliphatic rings. The van der Waals surface area contributed by atoms with E-state index in [1.807, 2.05) is 24.3 Å². The fourth-order valence-corrected chi connectivity index (χ4v) is 1.94. The fourth-order valence-electron chi connectivity index (χ4n) is 1.85. The second kappa shape index (κ2) is 8.94. The molecule has 4 N–H and O–H groups in total. The number of nitrogens with zero attached hydrogens (tertiary/aromatic N) is 2. The van der Waals surface area contributed by atoms with Gasteiger partial charge in [0, 0.05) is 19.5 Å². The molecule has 0 bridgehead atoms. The minimum absolute atomic E-state index is 0.360. The van der Waals surface area contributed by atoms with Crippen LogP contribution in [0.3, 0.4) is 0 Å². The van der Waals surface area contributed by atoms with Gasteiger partial charge in [0.25, 0.3) is 0 Å². The predicted molar refractivity (Wildman–Crippen MR) is 107 cm³/mol. The molecule has 0 amide bonds. The molecule has 10 heteroatoms. The molecule has 132 valence electrons. The standard InChI is InChI=1S/C15H18N6O2S2/c1-16-14(24)20-18-8-10(19-21-15(25)17-2)12-7-9-5-4-6-11(22-3)13(9)23-12/h4-8H,1-3H3,(H2,16,20,24)(H2,17,21,25)/b18-8+,19-10-. The Hall–Kier alpha value is -2.72. The Kier molecular flexibility index (Phi) is 6.66. The first-order valence-electron chi connectivity index (χ1n) is 7.22. The number of furan rings is 1. The number of thiocarbonyl (C=S) groups is 2. The fraction of sp³-hybridized carbons (Fsp3) is 0.200. The van der Waals surface area contributed by atoms with Crippen LogP contribution in [0.25, 0.3) is 11.0 Å². The number of benzene rings is 1. The normalized spacial score (nSPS) is 11.4. The van der Waals surface area contributed by atoms with Gasteiger partial charge in [-0.15, -0.1) is 0 Å². The Morgan fingerprint density at radius 3 is 2.56 bits per heavy atom. The van der Waals surface area contributed by atoms with Gasteiger partial charge in [0.05, 0.1) is 13.3 Å². The first kappa shape index (κ1) is 18.6. The Morgan fingerprint density at radius 2 is 1.88 bits per heavy atom. The Morgan fingerprint density at radius 1 is 1.16 bits per heavy atom. The number of hydrazone groups is 2. The van der Waals surface area contributed by atoms with Gasteiger partial charge in [0.15, 0.2) is 27.3 Å². The number of rotatable bonds is 5. The molecular weight excluding hydrogens is 360 g/mol. The molecule has 1 aromatic carbocycles. The van der Waals surface area contributed by atoms with Crippen molar-refractivity contribution in [3.63, 3.8) is 0 Å². The highest BCUT2D eigenvalue weighted by Crippen LogP contribution is 2.28. The van der Waals surface area contributed by atoms with Gasteiger partial charge in [-0.3, -0.25) is 10.9 Å². The van der Waals surface area contributed by atoms with E-state index in [4.69, 9.17) is 33.6 Å². The van der Waals surface area contributed by atoms with E-state index in [0.717, 1.165) is 5.39 Å². The summed E-state index contributed by atoms with van der Waals surface area (Å²) in [5.41, 5.74) is 6.40. The largest absolute Gasteiger partial charge is 0.493 e. The van der Waals surface area contributed by atoms with Gasteiger partial charge in [0.2, 0.25) is 0 Å². The van der Waals surface area contributed by atoms with E-state index in [1.54, 1.807) is 21.2 Å². The molecule has 0 aliphatic carbocycles. The molecule has 0 spiro atoms. The summed E-state index contributed by atoms with van der Waals surface area (Å²) in [4.78, 5) is 0. The van der Waals surface area contributed by atoms with Gasteiger partial charge in [-0.25, -0.2) is 0 Å². The molecule has 2 aromatic rings. The quantitative estimate of drug-likeness (QED) is 0.352. The summed E-state index contributed by atoms with van der Waals surface area (Å²) in [6.07, 6.45) is 1.47. The molecule has 8 nitrogen and oxygen atoms in total. The highest BCUT2D eigenvalue weighted by Gasteiger charge is 2.12. The Labute approximate surface area is 155 Å². The molecule has 1 heterocycles. The highest BCUT2D eigenvalue weighted by molar-refractivity contribution is 7.80. The molecule has 0 atom stereocenters. The Bertz CT molecular complexity index is 831. The van der Waals surface area contributed by atoms with Crippen molar-refractivity contribution >= 4 is 57.6 Å². The van der Waals surface area contributed by atoms with Crippen LogP contribution in [0, 0.1) is 0 Å². The number of fused-ring (bicyclic) bond motifs is 1. The molecule has 0 saturated heterocycles. The lowest BCUT2D eigenvalue weighted by molar-refractivity contribution is 0.410. The van der Waals surface area contributed by atoms with E-state index in [0.29, 0.717) is 33.0 Å². The highest BCUT2D eigenvalue weighted by atomic mass is 32.1. The van der Waals surface area contributed by atoms with Gasteiger partial charge in [0.1, 0.15) is 5.71 Å². The lowest BCUT2D eigenvalue weighted by Gasteiger charge is -2.03. The monoisotopic (exact) mass is 378 g/mol. The Balaban J connectivity index is 2.37. The van der Waals surface area contributed by atoms with Crippen molar-refractivity contribution in [1.29, 1.82) is 0 Å². The van der Waals surface area contributed by atoms with Crippen LogP contribution in [-0.4, -0.2) is 43.4 Å². The maximum absolute atomic E-state index is 5.88. The zero-order valence-electron chi connectivity index (χ0n) is 13.9. The van der Waals surface area contributed by atoms with Crippen LogP contribution in [-0.2, 0) is 0 Å². The molecule has 0 unspecified atom stereocenters. The van der Waals surface area contributed by atoms with E-state index >= 15 is 0 Å². The van der Waals surface area contributed by atoms with Crippen molar-refractivity contribution < 1.29 is 9.15 Å². The first-order chi connectivity index (χ1) is 12.1. The first-order valence-corrected chi connectivity index (χ1v) is 8.03. The van der Waals surface area contributed by atoms with Crippen molar-refractivity contribution in [3.05, 3.63) is 30.0 Å². The molecular formula is C15H18N6O2S2. The van der Waals surface area contributed by atoms with Crippen molar-refractivity contribution in [2.45, 2.75) is 0 Å². The second-order valence-corrected chi connectivity index (χ2v) is 5.44. The van der Waals surface area contributed by atoms with Gasteiger partial charge in [-0.05, 0) is 36.6 Å². The topological polar surface area (TPSA) is 95.2 Å². The zero-order valence-corrected chi connectivity index (χ0v) is 15.5. The van der Waals surface area contributed by atoms with E-state index in [2.05, 4.69) is 31.7 Å². The summed E-state index contributed by atoms with van der Waals surface area (Å²) < 4.78 is 11.2. The van der Waals surface area contributed by atoms with Crippen LogP contribution in [0.2, 0.25) is 0 Å². The van der Waals surface area contributed by atoms with Gasteiger partial charge in [-0.1, -0.05) is 12.1 Å². The number of hydrogen-bond donors (Lipinski definition) is 4. The molecule has 0 fully saturated rings. The van der Waals surface area contributed by atoms with E-state index < -0.39 is 0 Å². The number of nitrogens with one attached hydrogen (secondary N) is 4. The number of methoxy groups -OCH3 is 1. The van der Waals surface area contributed by atoms with Crippen molar-refractivity contribution in [3.8, 4) is 5.75 Å². The zero-order chi connectivity index (χ0) is 18.2. The molecule has 0 saturated carbocycles. The second-order valence-electron chi connectivity index (χ2n) is 4.63. The van der Waals surface area contributed by atoms with E-state index in [-0.39, 0.29) is 0 Å². The molecule has 0 aliphatic heterocycles. The lowest BCUT2D eigenvalue weighted by Crippen LogP contribution is -2.30. The van der Waals surface area contributed by atoms with Gasteiger partial charge in [-0.2, -0.15) is 10.2 Å². The average molecular weight is 378 g/mol. The number of para-hydroxylation sites is 1. The molecule has 25 heavy (non-hydrogen) atoms. The summed E-state index contributed by atoms with van der Waals surface area (Å²) in [7, 11) is 4.97. The summed E-state index contributed by atoms with van der Waals surface area (Å²) in [6, 6.07) is 7.46. The van der Waals surface area contributed by atoms with E-state index in [1.165, 1.54) is 6.21 Å². The third kappa shape index (κ3) is 4.88. The van der Waals surface area contributed by atoms with Crippen molar-refractivity contribution in [1.82, 2.24) is 21.5 Å². The van der Waals surface area contributed by atoms with Gasteiger partial charge >= 0.3 is 0 Å². The van der Waals surface area contributed by atoms with Gasteiger partial charge < -0.3 is 19.8 Å². The minimum Gasteiger partial charge on any atom is -0.493 e. The van der Waals surface area contributed by atoms with Crippen LogP contribution in [0.5, 0.6) is 5.75 Å². The van der Waals surface area contributed by atoms with Crippen LogP contribution in [0.4, 0.5) is 0 Å². The summed E-state index contributed by atoms with van der Waals surface area (Å²) in [5, 5.41) is 15.4. The maximum atomic E-state index is 5.88. The van der Waals surface area contributed by atoms with Crippen LogP contribution in [0.15, 0.2) is 38.9 Å². The third-order valence-electron chi connectivity index (χ3n) is 3.07. The molecule has 0 radical (unpaired) electrons. The molecule has 1 aromatic heterocycles. The molecule has 2 rings (SSSR count). The van der Waals surface area contributed by atoms with Crippen LogP contribution < -0.4 is 26.2 Å². The smallest absolute Gasteiger partial charge is 0.186 e. The lowest BCUT2D eigenvalue weighted by atomic mass is 10.2. The predicted octanol–water partition coefficient (Wildman–Crippen LogP) is 1.32. The summed E-state index contributed by atoms with van der Waals surface area (Å²) in [5.74, 6) is 1.13. The number of hydrogen-bond acceptors (Lipinski definition) is 6. The van der Waals surface area contributed by atoms with E-state index in [9.17, 15) is 0 Å². The van der Waals surface area contributed by atoms with Crippen LogP contribution in [0.1, 0.15) is 5.76 Å². The maximum Gasteiger partial charge on any atom is 0.186 e. The summed E-state index contributed by atoms with van der Waals surface area (Å²) in [6.45, 7) is 0. The van der Waals surface area contributed by atoms with Crippen molar-refractivity contribution in [2.24, 2.45) is 10.2 Å². The average Bonchev–Trinajstić information content (AvgIpc) is 3.07. The number of ether oxygens (including phenoxy) is 1. The minimum atomic E-state index is 0.360. The summed E-state index contributed by atoms with van der Waals surface area (Å²) >= 11 is 10.0. The van der Waals surface area contributed by atoms with Crippen LogP contribution >= 0.6 is 24.4 Å². The third-order valence-corrected chi connectivity index (χ3v) is 3.66. The van der Waals surface area contributed by atoms with Crippen molar-refractivity contribution in [2.75, 3.05) is 21.2 Å². The SMILES string of the molecule is CNC(=S)N/N=C(/C=N/NC(=S)NC)c1cc2cccc(OC)c2o1.